The van der Waals surface area contributed by atoms with Crippen LogP contribution >= 0.6 is 15.9 Å². The first-order valence-electron chi connectivity index (χ1n) is 5.49. The van der Waals surface area contributed by atoms with Crippen LogP contribution in [-0.4, -0.2) is 25.2 Å². The summed E-state index contributed by atoms with van der Waals surface area (Å²) in [6.45, 7) is 3.79. The minimum Gasteiger partial charge on any atom is -0.465 e. The van der Waals surface area contributed by atoms with E-state index in [9.17, 15) is 9.59 Å². The van der Waals surface area contributed by atoms with E-state index in [1.807, 2.05) is 19.1 Å². The molecule has 0 aliphatic heterocycles. The topological polar surface area (TPSA) is 67.4 Å². The number of aryl methyl sites for hydroxylation is 1. The molecule has 1 aromatic rings. The molecule has 0 aliphatic carbocycles. The normalized spacial score (nSPS) is 9.72. The summed E-state index contributed by atoms with van der Waals surface area (Å²) in [5, 5.41) is 5.05. The number of carbonyl (C=O) groups excluding carboxylic acids is 2. The average molecular weight is 315 g/mol. The van der Waals surface area contributed by atoms with Crippen LogP contribution < -0.4 is 10.6 Å². The van der Waals surface area contributed by atoms with Crippen LogP contribution in [-0.2, 0) is 9.53 Å². The Morgan fingerprint density at radius 1 is 1.33 bits per heavy atom. The quantitative estimate of drug-likeness (QED) is 0.839. The molecule has 1 rings (SSSR count). The SMILES string of the molecule is CCOC(=O)CNC(=O)Nc1cc(C)cc(Br)c1. The Hall–Kier alpha value is -1.56. The third kappa shape index (κ3) is 5.18. The summed E-state index contributed by atoms with van der Waals surface area (Å²) in [6, 6.07) is 5.09. The Kier molecular flexibility index (Phi) is 5.64. The van der Waals surface area contributed by atoms with E-state index < -0.39 is 12.0 Å². The highest BCUT2D eigenvalue weighted by molar-refractivity contribution is 9.10. The maximum atomic E-state index is 11.5. The van der Waals surface area contributed by atoms with Crippen molar-refractivity contribution in [3.8, 4) is 0 Å². The number of urea groups is 1. The van der Waals surface area contributed by atoms with Crippen molar-refractivity contribution in [2.24, 2.45) is 0 Å². The van der Waals surface area contributed by atoms with Crippen molar-refractivity contribution in [2.75, 3.05) is 18.5 Å². The second-order valence-corrected chi connectivity index (χ2v) is 4.55. The Bertz CT molecular complexity index is 429. The number of esters is 1. The number of amides is 2. The predicted octanol–water partition coefficient (Wildman–Crippen LogP) is 2.44. The first-order valence-corrected chi connectivity index (χ1v) is 6.28. The highest BCUT2D eigenvalue weighted by Crippen LogP contribution is 2.18. The number of ether oxygens (including phenoxy) is 1. The van der Waals surface area contributed by atoms with Crippen LogP contribution in [0.1, 0.15) is 12.5 Å². The summed E-state index contributed by atoms with van der Waals surface area (Å²) in [7, 11) is 0. The number of anilines is 1. The standard InChI is InChI=1S/C12H15BrN2O3/c1-3-18-11(16)7-14-12(17)15-10-5-8(2)4-9(13)6-10/h4-6H,3,7H2,1-2H3,(H2,14,15,17). The molecule has 0 atom stereocenters. The Morgan fingerprint density at radius 2 is 2.06 bits per heavy atom. The molecule has 5 nitrogen and oxygen atoms in total. The molecule has 0 saturated carbocycles. The number of nitrogens with one attached hydrogen (secondary N) is 2. The van der Waals surface area contributed by atoms with Gasteiger partial charge in [-0.1, -0.05) is 15.9 Å². The molecule has 2 N–H and O–H groups in total. The third-order valence-electron chi connectivity index (χ3n) is 2.00. The van der Waals surface area contributed by atoms with Crippen LogP contribution in [0.3, 0.4) is 0 Å². The predicted molar refractivity (Wildman–Crippen MR) is 72.5 cm³/mol. The third-order valence-corrected chi connectivity index (χ3v) is 2.46. The molecule has 0 spiro atoms. The molecular weight excluding hydrogens is 300 g/mol. The highest BCUT2D eigenvalue weighted by atomic mass is 79.9. The molecule has 0 bridgehead atoms. The lowest BCUT2D eigenvalue weighted by Crippen LogP contribution is -2.34. The smallest absolute Gasteiger partial charge is 0.325 e. The number of hydrogen-bond acceptors (Lipinski definition) is 3. The molecule has 0 heterocycles. The van der Waals surface area contributed by atoms with Crippen LogP contribution in [0.25, 0.3) is 0 Å². The van der Waals surface area contributed by atoms with Gasteiger partial charge < -0.3 is 15.4 Å². The molecule has 0 unspecified atom stereocenters. The van der Waals surface area contributed by atoms with Crippen molar-refractivity contribution in [1.82, 2.24) is 5.32 Å². The Balaban J connectivity index is 2.47. The molecule has 0 saturated heterocycles. The van der Waals surface area contributed by atoms with E-state index in [0.717, 1.165) is 10.0 Å². The van der Waals surface area contributed by atoms with E-state index >= 15 is 0 Å². The van der Waals surface area contributed by atoms with Gasteiger partial charge >= 0.3 is 12.0 Å². The minimum absolute atomic E-state index is 0.146. The van der Waals surface area contributed by atoms with Gasteiger partial charge in [0.25, 0.3) is 0 Å². The maximum absolute atomic E-state index is 11.5. The molecule has 18 heavy (non-hydrogen) atoms. The summed E-state index contributed by atoms with van der Waals surface area (Å²) >= 11 is 3.34. The van der Waals surface area contributed by atoms with Gasteiger partial charge in [0.1, 0.15) is 6.54 Å². The van der Waals surface area contributed by atoms with Gasteiger partial charge in [-0.25, -0.2) is 4.79 Å². The number of halogens is 1. The molecule has 2 amide bonds. The second kappa shape index (κ2) is 7.00. The fourth-order valence-corrected chi connectivity index (χ4v) is 1.96. The molecule has 6 heteroatoms. The van der Waals surface area contributed by atoms with Gasteiger partial charge in [0.15, 0.2) is 0 Å². The van der Waals surface area contributed by atoms with E-state index in [2.05, 4.69) is 26.6 Å². The largest absolute Gasteiger partial charge is 0.465 e. The van der Waals surface area contributed by atoms with Crippen molar-refractivity contribution < 1.29 is 14.3 Å². The number of carbonyl (C=O) groups is 2. The van der Waals surface area contributed by atoms with Crippen LogP contribution in [0.4, 0.5) is 10.5 Å². The van der Waals surface area contributed by atoms with E-state index in [-0.39, 0.29) is 6.54 Å². The number of rotatable bonds is 4. The van der Waals surface area contributed by atoms with Crippen LogP contribution in [0.5, 0.6) is 0 Å². The lowest BCUT2D eigenvalue weighted by atomic mass is 10.2. The van der Waals surface area contributed by atoms with E-state index in [4.69, 9.17) is 4.74 Å². The molecule has 0 aliphatic rings. The van der Waals surface area contributed by atoms with E-state index in [0.29, 0.717) is 12.3 Å². The number of benzene rings is 1. The molecule has 0 aromatic heterocycles. The van der Waals surface area contributed by atoms with Crippen molar-refractivity contribution in [3.63, 3.8) is 0 Å². The molecule has 98 valence electrons. The first-order chi connectivity index (χ1) is 8.51. The average Bonchev–Trinajstić information content (AvgIpc) is 2.25. The van der Waals surface area contributed by atoms with Crippen molar-refractivity contribution in [1.29, 1.82) is 0 Å². The Morgan fingerprint density at radius 3 is 2.67 bits per heavy atom. The summed E-state index contributed by atoms with van der Waals surface area (Å²) in [6.07, 6.45) is 0. The lowest BCUT2D eigenvalue weighted by molar-refractivity contribution is -0.141. The first kappa shape index (κ1) is 14.5. The van der Waals surface area contributed by atoms with Gasteiger partial charge in [-0.15, -0.1) is 0 Å². The van der Waals surface area contributed by atoms with Gasteiger partial charge in [-0.3, -0.25) is 4.79 Å². The number of hydrogen-bond donors (Lipinski definition) is 2. The lowest BCUT2D eigenvalue weighted by Gasteiger charge is -2.08. The molecule has 1 aromatic carbocycles. The van der Waals surface area contributed by atoms with Crippen LogP contribution in [0, 0.1) is 6.92 Å². The van der Waals surface area contributed by atoms with Crippen LogP contribution in [0.15, 0.2) is 22.7 Å². The van der Waals surface area contributed by atoms with Crippen molar-refractivity contribution in [2.45, 2.75) is 13.8 Å². The van der Waals surface area contributed by atoms with Crippen molar-refractivity contribution in [3.05, 3.63) is 28.2 Å². The summed E-state index contributed by atoms with van der Waals surface area (Å²) in [4.78, 5) is 22.5. The van der Waals surface area contributed by atoms with E-state index in [1.165, 1.54) is 0 Å². The fourth-order valence-electron chi connectivity index (χ4n) is 1.35. The van der Waals surface area contributed by atoms with Gasteiger partial charge in [0.2, 0.25) is 0 Å². The summed E-state index contributed by atoms with van der Waals surface area (Å²) < 4.78 is 5.57. The van der Waals surface area contributed by atoms with Gasteiger partial charge in [0, 0.05) is 10.2 Å². The second-order valence-electron chi connectivity index (χ2n) is 3.63. The van der Waals surface area contributed by atoms with E-state index in [1.54, 1.807) is 13.0 Å². The highest BCUT2D eigenvalue weighted by Gasteiger charge is 2.06. The van der Waals surface area contributed by atoms with Gasteiger partial charge in [-0.2, -0.15) is 0 Å². The Labute approximate surface area is 114 Å². The zero-order valence-corrected chi connectivity index (χ0v) is 11.8. The molecular formula is C12H15BrN2O3. The molecule has 0 radical (unpaired) electrons. The monoisotopic (exact) mass is 314 g/mol. The minimum atomic E-state index is -0.460. The zero-order chi connectivity index (χ0) is 13.5. The maximum Gasteiger partial charge on any atom is 0.325 e. The van der Waals surface area contributed by atoms with Crippen LogP contribution in [0.2, 0.25) is 0 Å². The summed E-state index contributed by atoms with van der Waals surface area (Å²) in [5.41, 5.74) is 1.67. The fraction of sp³-hybridized carbons (Fsp3) is 0.333. The zero-order valence-electron chi connectivity index (χ0n) is 10.2. The molecule has 0 fully saturated rings. The summed E-state index contributed by atoms with van der Waals surface area (Å²) in [5.74, 6) is -0.460. The van der Waals surface area contributed by atoms with Crippen molar-refractivity contribution >= 4 is 33.6 Å². The van der Waals surface area contributed by atoms with Gasteiger partial charge in [-0.05, 0) is 37.6 Å². The van der Waals surface area contributed by atoms with Gasteiger partial charge in [0.05, 0.1) is 6.61 Å².